The zero-order valence-electron chi connectivity index (χ0n) is 18.2. The van der Waals surface area contributed by atoms with Gasteiger partial charge in [0.25, 0.3) is 0 Å². The first-order valence-electron chi connectivity index (χ1n) is 10.4. The van der Waals surface area contributed by atoms with Crippen LogP contribution in [0.1, 0.15) is 50.4 Å². The van der Waals surface area contributed by atoms with Gasteiger partial charge in [0.2, 0.25) is 0 Å². The molecule has 7 heteroatoms. The molecule has 0 heterocycles. The van der Waals surface area contributed by atoms with Crippen LogP contribution in [0.2, 0.25) is 0 Å². The van der Waals surface area contributed by atoms with Crippen LogP contribution in [0.15, 0.2) is 48.5 Å². The summed E-state index contributed by atoms with van der Waals surface area (Å²) >= 11 is 6.04. The predicted octanol–water partition coefficient (Wildman–Crippen LogP) is 5.41. The van der Waals surface area contributed by atoms with Gasteiger partial charge in [0.05, 0.1) is 12.2 Å². The highest BCUT2D eigenvalue weighted by atomic mass is 35.5. The Balaban J connectivity index is 1.78. The van der Waals surface area contributed by atoms with Crippen molar-refractivity contribution in [3.63, 3.8) is 0 Å². The molecular formula is C24H29ClO6. The Morgan fingerprint density at radius 1 is 0.839 bits per heavy atom. The number of alkyl halides is 1. The van der Waals surface area contributed by atoms with Gasteiger partial charge in [-0.05, 0) is 68.3 Å². The third kappa shape index (κ3) is 8.13. The van der Waals surface area contributed by atoms with Crippen LogP contribution in [-0.2, 0) is 9.53 Å². The van der Waals surface area contributed by atoms with Gasteiger partial charge in [0.1, 0.15) is 35.3 Å². The third-order valence-electron chi connectivity index (χ3n) is 4.57. The summed E-state index contributed by atoms with van der Waals surface area (Å²) in [6.07, 6.45) is 2.54. The van der Waals surface area contributed by atoms with Gasteiger partial charge in [0, 0.05) is 0 Å². The van der Waals surface area contributed by atoms with E-state index in [0.717, 1.165) is 18.6 Å². The Morgan fingerprint density at radius 2 is 1.39 bits per heavy atom. The van der Waals surface area contributed by atoms with Gasteiger partial charge in [0.15, 0.2) is 0 Å². The molecule has 0 aliphatic rings. The molecule has 2 aromatic rings. The molecule has 0 fully saturated rings. The van der Waals surface area contributed by atoms with E-state index in [-0.39, 0.29) is 13.2 Å². The van der Waals surface area contributed by atoms with Gasteiger partial charge >= 0.3 is 11.9 Å². The highest BCUT2D eigenvalue weighted by molar-refractivity contribution is 6.33. The lowest BCUT2D eigenvalue weighted by Crippen LogP contribution is -2.31. The fourth-order valence-corrected chi connectivity index (χ4v) is 2.43. The second-order valence-corrected chi connectivity index (χ2v) is 7.96. The SMILES string of the molecule is CCCCOc1ccc(OC(=O)c2ccc(OCCOC(=O)C(C)(Cl)CC)cc2)cc1. The number of hydrogen-bond acceptors (Lipinski definition) is 6. The maximum absolute atomic E-state index is 12.3. The lowest BCUT2D eigenvalue weighted by atomic mass is 10.1. The van der Waals surface area contributed by atoms with E-state index in [1.807, 2.05) is 6.92 Å². The van der Waals surface area contributed by atoms with E-state index in [1.165, 1.54) is 0 Å². The fraction of sp³-hybridized carbons (Fsp3) is 0.417. The predicted molar refractivity (Wildman–Crippen MR) is 119 cm³/mol. The maximum Gasteiger partial charge on any atom is 0.343 e. The molecule has 31 heavy (non-hydrogen) atoms. The number of rotatable bonds is 12. The first-order chi connectivity index (χ1) is 14.9. The molecule has 0 radical (unpaired) electrons. The summed E-state index contributed by atoms with van der Waals surface area (Å²) in [5.74, 6) is 0.782. The van der Waals surface area contributed by atoms with E-state index >= 15 is 0 Å². The Bertz CT molecular complexity index is 830. The summed E-state index contributed by atoms with van der Waals surface area (Å²) in [7, 11) is 0. The van der Waals surface area contributed by atoms with Gasteiger partial charge in [-0.2, -0.15) is 0 Å². The monoisotopic (exact) mass is 448 g/mol. The largest absolute Gasteiger partial charge is 0.494 e. The highest BCUT2D eigenvalue weighted by Crippen LogP contribution is 2.21. The van der Waals surface area contributed by atoms with Crippen molar-refractivity contribution in [2.45, 2.75) is 44.9 Å². The quantitative estimate of drug-likeness (QED) is 0.187. The maximum atomic E-state index is 12.3. The van der Waals surface area contributed by atoms with Crippen molar-refractivity contribution < 1.29 is 28.5 Å². The number of halogens is 1. The minimum atomic E-state index is -1.02. The molecule has 0 saturated heterocycles. The summed E-state index contributed by atoms with van der Waals surface area (Å²) in [5, 5.41) is 0. The number of ether oxygens (including phenoxy) is 4. The summed E-state index contributed by atoms with van der Waals surface area (Å²) < 4.78 is 21.6. The van der Waals surface area contributed by atoms with Crippen molar-refractivity contribution >= 4 is 23.5 Å². The standard InChI is InChI=1S/C24H29ClO6/c1-4-6-15-28-20-11-13-21(14-12-20)31-22(26)18-7-9-19(10-8-18)29-16-17-30-23(27)24(3,25)5-2/h7-14H,4-6,15-17H2,1-3H3. The van der Waals surface area contributed by atoms with Crippen molar-refractivity contribution in [2.75, 3.05) is 19.8 Å². The Kier molecular flexibility index (Phi) is 9.66. The number of hydrogen-bond donors (Lipinski definition) is 0. The van der Waals surface area contributed by atoms with E-state index in [2.05, 4.69) is 6.92 Å². The molecule has 0 aromatic heterocycles. The number of carbonyl (C=O) groups is 2. The van der Waals surface area contributed by atoms with Crippen LogP contribution in [0.3, 0.4) is 0 Å². The van der Waals surface area contributed by atoms with Crippen LogP contribution in [0, 0.1) is 0 Å². The normalized spacial score (nSPS) is 12.5. The van der Waals surface area contributed by atoms with Crippen LogP contribution in [0.4, 0.5) is 0 Å². The number of esters is 2. The zero-order valence-corrected chi connectivity index (χ0v) is 18.9. The molecule has 1 atom stereocenters. The van der Waals surface area contributed by atoms with Crippen LogP contribution in [-0.4, -0.2) is 36.6 Å². The third-order valence-corrected chi connectivity index (χ3v) is 4.99. The van der Waals surface area contributed by atoms with Crippen molar-refractivity contribution in [3.05, 3.63) is 54.1 Å². The Hall–Kier alpha value is -2.73. The molecule has 0 N–H and O–H groups in total. The fourth-order valence-electron chi connectivity index (χ4n) is 2.38. The van der Waals surface area contributed by atoms with E-state index < -0.39 is 16.8 Å². The molecule has 2 aromatic carbocycles. The first-order valence-corrected chi connectivity index (χ1v) is 10.8. The molecule has 6 nitrogen and oxygen atoms in total. The van der Waals surface area contributed by atoms with Crippen LogP contribution in [0.25, 0.3) is 0 Å². The minimum Gasteiger partial charge on any atom is -0.494 e. The van der Waals surface area contributed by atoms with E-state index in [0.29, 0.717) is 30.1 Å². The molecular weight excluding hydrogens is 420 g/mol. The zero-order chi connectivity index (χ0) is 22.7. The summed E-state index contributed by atoms with van der Waals surface area (Å²) in [6, 6.07) is 13.5. The molecule has 0 saturated carbocycles. The van der Waals surface area contributed by atoms with Crippen LogP contribution >= 0.6 is 11.6 Å². The molecule has 0 aliphatic carbocycles. The topological polar surface area (TPSA) is 71.1 Å². The van der Waals surface area contributed by atoms with Crippen molar-refractivity contribution in [3.8, 4) is 17.2 Å². The van der Waals surface area contributed by atoms with Crippen molar-refractivity contribution in [1.29, 1.82) is 0 Å². The molecule has 0 amide bonds. The smallest absolute Gasteiger partial charge is 0.343 e. The van der Waals surface area contributed by atoms with Gasteiger partial charge in [-0.3, -0.25) is 4.79 Å². The number of unbranched alkanes of at least 4 members (excludes halogenated alkanes) is 1. The Labute approximate surface area is 188 Å². The molecule has 0 bridgehead atoms. The van der Waals surface area contributed by atoms with Gasteiger partial charge in [-0.15, -0.1) is 11.6 Å². The van der Waals surface area contributed by atoms with Gasteiger partial charge in [-0.25, -0.2) is 4.79 Å². The summed E-state index contributed by atoms with van der Waals surface area (Å²) in [4.78, 5) is 23.1. The van der Waals surface area contributed by atoms with Crippen LogP contribution < -0.4 is 14.2 Å². The van der Waals surface area contributed by atoms with E-state index in [1.54, 1.807) is 55.5 Å². The van der Waals surface area contributed by atoms with Crippen molar-refractivity contribution in [2.24, 2.45) is 0 Å². The Morgan fingerprint density at radius 3 is 1.97 bits per heavy atom. The lowest BCUT2D eigenvalue weighted by Gasteiger charge is -2.17. The molecule has 168 valence electrons. The average molecular weight is 449 g/mol. The average Bonchev–Trinajstić information content (AvgIpc) is 2.78. The lowest BCUT2D eigenvalue weighted by molar-refractivity contribution is -0.147. The second kappa shape index (κ2) is 12.2. The second-order valence-electron chi connectivity index (χ2n) is 7.12. The highest BCUT2D eigenvalue weighted by Gasteiger charge is 2.29. The van der Waals surface area contributed by atoms with Crippen molar-refractivity contribution in [1.82, 2.24) is 0 Å². The first kappa shape index (κ1) is 24.5. The molecule has 2 rings (SSSR count). The minimum absolute atomic E-state index is 0.0864. The number of benzene rings is 2. The van der Waals surface area contributed by atoms with Gasteiger partial charge < -0.3 is 18.9 Å². The number of carbonyl (C=O) groups excluding carboxylic acids is 2. The van der Waals surface area contributed by atoms with E-state index in [4.69, 9.17) is 30.5 Å². The summed E-state index contributed by atoms with van der Waals surface area (Å²) in [5.41, 5.74) is 0.392. The van der Waals surface area contributed by atoms with E-state index in [9.17, 15) is 9.59 Å². The molecule has 1 unspecified atom stereocenters. The summed E-state index contributed by atoms with van der Waals surface area (Å²) in [6.45, 7) is 6.46. The molecule has 0 spiro atoms. The molecule has 0 aliphatic heterocycles. The van der Waals surface area contributed by atoms with Crippen LogP contribution in [0.5, 0.6) is 17.2 Å². The van der Waals surface area contributed by atoms with Gasteiger partial charge in [-0.1, -0.05) is 20.3 Å².